The van der Waals surface area contributed by atoms with Crippen LogP contribution in [0.4, 0.5) is 0 Å². The molecule has 0 aromatic carbocycles. The van der Waals surface area contributed by atoms with Gasteiger partial charge in [0.05, 0.1) is 13.2 Å². The lowest BCUT2D eigenvalue weighted by Gasteiger charge is -2.10. The molecule has 0 unspecified atom stereocenters. The Labute approximate surface area is 69.7 Å². The summed E-state index contributed by atoms with van der Waals surface area (Å²) in [5.41, 5.74) is 0. The molecule has 4 nitrogen and oxygen atoms in total. The lowest BCUT2D eigenvalue weighted by Crippen LogP contribution is -2.31. The monoisotopic (exact) mass is 188 g/mol. The second-order valence-electron chi connectivity index (χ2n) is 1.50. The van der Waals surface area contributed by atoms with Gasteiger partial charge in [-0.3, -0.25) is 0 Å². The minimum Gasteiger partial charge on any atom is -0.394 e. The molecule has 0 aliphatic rings. The Balaban J connectivity index is 0. The quantitative estimate of drug-likeness (QED) is 0.239. The van der Waals surface area contributed by atoms with E-state index in [1.807, 2.05) is 0 Å². The fourth-order valence-corrected chi connectivity index (χ4v) is 0.243. The van der Waals surface area contributed by atoms with E-state index in [0.29, 0.717) is 0 Å². The highest BCUT2D eigenvalue weighted by Crippen LogP contribution is 1.88. The van der Waals surface area contributed by atoms with Crippen LogP contribution in [0.1, 0.15) is 0 Å². The summed E-state index contributed by atoms with van der Waals surface area (Å²) in [5.74, 6) is 0. The van der Waals surface area contributed by atoms with E-state index in [0.717, 1.165) is 0 Å². The van der Waals surface area contributed by atoms with Crippen LogP contribution in [0, 0.1) is 0 Å². The summed E-state index contributed by atoms with van der Waals surface area (Å²) in [4.78, 5) is 0. The minimum atomic E-state index is -1.22. The molecule has 2 atom stereocenters. The normalized spacial score (nSPS) is 15.0. The standard InChI is InChI=1S/C4H10O4.H2S2/c5-1-3(7)4(8)2-6;1-2/h3-8H,1-2H2;1-2H/t3-,4+;. The molecular formula is C4H12O4S2. The molecule has 6 heteroatoms. The topological polar surface area (TPSA) is 80.9 Å². The SMILES string of the molecule is OC[C@@H](O)[C@@H](O)CO.SS. The molecule has 10 heavy (non-hydrogen) atoms. The Morgan fingerprint density at radius 1 is 0.900 bits per heavy atom. The van der Waals surface area contributed by atoms with Crippen LogP contribution >= 0.6 is 23.3 Å². The summed E-state index contributed by atoms with van der Waals surface area (Å²) >= 11 is 6.44. The van der Waals surface area contributed by atoms with Gasteiger partial charge in [0, 0.05) is 0 Å². The Morgan fingerprint density at radius 2 is 1.10 bits per heavy atom. The van der Waals surface area contributed by atoms with E-state index in [1.165, 1.54) is 0 Å². The first kappa shape index (κ1) is 13.2. The van der Waals surface area contributed by atoms with E-state index in [-0.39, 0.29) is 0 Å². The molecule has 0 spiro atoms. The molecule has 0 rings (SSSR count). The lowest BCUT2D eigenvalue weighted by molar-refractivity contribution is -0.0388. The summed E-state index contributed by atoms with van der Waals surface area (Å²) in [6.07, 6.45) is -2.44. The van der Waals surface area contributed by atoms with Crippen molar-refractivity contribution in [2.45, 2.75) is 12.2 Å². The molecule has 0 radical (unpaired) electrons. The van der Waals surface area contributed by atoms with Crippen molar-refractivity contribution in [1.29, 1.82) is 0 Å². The van der Waals surface area contributed by atoms with Crippen LogP contribution in [0.2, 0.25) is 0 Å². The average Bonchev–Trinajstić information content (AvgIpc) is 2.05. The maximum absolute atomic E-state index is 8.47. The largest absolute Gasteiger partial charge is 0.394 e. The smallest absolute Gasteiger partial charge is 0.105 e. The van der Waals surface area contributed by atoms with Gasteiger partial charge in [0.25, 0.3) is 0 Å². The summed E-state index contributed by atoms with van der Waals surface area (Å²) in [5, 5.41) is 33.2. The predicted molar refractivity (Wildman–Crippen MR) is 44.2 cm³/mol. The number of thiol groups is 2. The fourth-order valence-electron chi connectivity index (χ4n) is 0.243. The summed E-state index contributed by atoms with van der Waals surface area (Å²) in [6, 6.07) is 0. The van der Waals surface area contributed by atoms with Gasteiger partial charge in [-0.1, -0.05) is 0 Å². The molecule has 0 heterocycles. The summed E-state index contributed by atoms with van der Waals surface area (Å²) < 4.78 is 0. The number of hydrogen-bond acceptors (Lipinski definition) is 6. The van der Waals surface area contributed by atoms with Crippen LogP contribution in [0.5, 0.6) is 0 Å². The number of aliphatic hydroxyl groups is 4. The molecule has 0 bridgehead atoms. The summed E-state index contributed by atoms with van der Waals surface area (Å²) in [7, 11) is 0. The van der Waals surface area contributed by atoms with Crippen molar-refractivity contribution >= 4 is 23.3 Å². The Morgan fingerprint density at radius 3 is 1.20 bits per heavy atom. The molecule has 0 aromatic rings. The highest BCUT2D eigenvalue weighted by atomic mass is 33.1. The van der Waals surface area contributed by atoms with Crippen molar-refractivity contribution in [3.63, 3.8) is 0 Å². The maximum Gasteiger partial charge on any atom is 0.105 e. The van der Waals surface area contributed by atoms with Crippen molar-refractivity contribution in [3.05, 3.63) is 0 Å². The third-order valence-corrected chi connectivity index (χ3v) is 0.818. The van der Waals surface area contributed by atoms with Crippen LogP contribution in [0.25, 0.3) is 0 Å². The van der Waals surface area contributed by atoms with Crippen LogP contribution in [-0.4, -0.2) is 45.8 Å². The van der Waals surface area contributed by atoms with Gasteiger partial charge in [-0.05, 0) is 0 Å². The van der Waals surface area contributed by atoms with E-state index >= 15 is 0 Å². The highest BCUT2D eigenvalue weighted by Gasteiger charge is 2.12. The lowest BCUT2D eigenvalue weighted by atomic mass is 10.2. The van der Waals surface area contributed by atoms with Crippen LogP contribution < -0.4 is 0 Å². The van der Waals surface area contributed by atoms with E-state index in [9.17, 15) is 0 Å². The van der Waals surface area contributed by atoms with Crippen molar-refractivity contribution in [3.8, 4) is 0 Å². The first-order chi connectivity index (χ1) is 4.72. The van der Waals surface area contributed by atoms with Crippen molar-refractivity contribution in [1.82, 2.24) is 0 Å². The van der Waals surface area contributed by atoms with Gasteiger partial charge >= 0.3 is 0 Å². The van der Waals surface area contributed by atoms with Gasteiger partial charge in [-0.25, -0.2) is 0 Å². The molecule has 64 valence electrons. The van der Waals surface area contributed by atoms with Crippen LogP contribution in [0.3, 0.4) is 0 Å². The molecule has 0 saturated heterocycles. The molecule has 4 N–H and O–H groups in total. The maximum atomic E-state index is 8.47. The third-order valence-electron chi connectivity index (χ3n) is 0.818. The predicted octanol–water partition coefficient (Wildman–Crippen LogP) is -1.55. The number of aliphatic hydroxyl groups excluding tert-OH is 4. The molecule has 0 fully saturated rings. The van der Waals surface area contributed by atoms with E-state index < -0.39 is 25.4 Å². The van der Waals surface area contributed by atoms with E-state index in [2.05, 4.69) is 23.3 Å². The number of rotatable bonds is 3. The van der Waals surface area contributed by atoms with Gasteiger partial charge in [0.1, 0.15) is 12.2 Å². The molecule has 0 aliphatic carbocycles. The van der Waals surface area contributed by atoms with Gasteiger partial charge in [0.2, 0.25) is 0 Å². The van der Waals surface area contributed by atoms with Gasteiger partial charge in [-0.15, -0.1) is 23.3 Å². The van der Waals surface area contributed by atoms with Crippen LogP contribution in [0.15, 0.2) is 0 Å². The number of hydrogen-bond donors (Lipinski definition) is 6. The third kappa shape index (κ3) is 6.66. The zero-order chi connectivity index (χ0) is 8.57. The molecule has 0 aromatic heterocycles. The first-order valence-electron chi connectivity index (χ1n) is 2.50. The Bertz CT molecular complexity index is 55.2. The van der Waals surface area contributed by atoms with Crippen LogP contribution in [-0.2, 0) is 0 Å². The fraction of sp³-hybridized carbons (Fsp3) is 1.00. The van der Waals surface area contributed by atoms with E-state index in [4.69, 9.17) is 20.4 Å². The molecular weight excluding hydrogens is 176 g/mol. The summed E-state index contributed by atoms with van der Waals surface area (Å²) in [6.45, 7) is -1.05. The minimum absolute atomic E-state index is 0.526. The van der Waals surface area contributed by atoms with Crippen molar-refractivity contribution < 1.29 is 20.4 Å². The Kier molecular flexibility index (Phi) is 12.5. The molecule has 0 amide bonds. The van der Waals surface area contributed by atoms with Gasteiger partial charge in [-0.2, -0.15) is 0 Å². The van der Waals surface area contributed by atoms with Crippen molar-refractivity contribution in [2.24, 2.45) is 0 Å². The first-order valence-corrected chi connectivity index (χ1v) is 4.10. The highest BCUT2D eigenvalue weighted by molar-refractivity contribution is 8.59. The van der Waals surface area contributed by atoms with Gasteiger partial charge in [0.15, 0.2) is 0 Å². The average molecular weight is 188 g/mol. The zero-order valence-electron chi connectivity index (χ0n) is 5.25. The second kappa shape index (κ2) is 9.54. The second-order valence-corrected chi connectivity index (χ2v) is 1.50. The van der Waals surface area contributed by atoms with Crippen molar-refractivity contribution in [2.75, 3.05) is 13.2 Å². The molecule has 0 saturated carbocycles. The molecule has 0 aliphatic heterocycles. The Hall–Kier alpha value is 0.540. The zero-order valence-corrected chi connectivity index (χ0v) is 7.04. The van der Waals surface area contributed by atoms with E-state index in [1.54, 1.807) is 0 Å². The van der Waals surface area contributed by atoms with Gasteiger partial charge < -0.3 is 20.4 Å².